The number of fused-ring (bicyclic) bond motifs is 1. The number of nitrogens with one attached hydrogen (secondary N) is 2. The summed E-state index contributed by atoms with van der Waals surface area (Å²) in [6.07, 6.45) is 0. The highest BCUT2D eigenvalue weighted by Crippen LogP contribution is 2.24. The molecule has 1 aromatic heterocycles. The number of aromatic nitrogens is 2. The fraction of sp³-hybridized carbons (Fsp3) is 0.312. The Morgan fingerprint density at radius 1 is 1.05 bits per heavy atom. The van der Waals surface area contributed by atoms with Crippen LogP contribution >= 0.6 is 0 Å². The van der Waals surface area contributed by atoms with Crippen LogP contribution in [0.15, 0.2) is 30.3 Å². The van der Waals surface area contributed by atoms with E-state index in [2.05, 4.69) is 25.7 Å². The summed E-state index contributed by atoms with van der Waals surface area (Å²) in [6, 6.07) is 9.84. The van der Waals surface area contributed by atoms with Crippen LogP contribution in [0.4, 0.5) is 5.82 Å². The number of carbonyl (C=O) groups is 1. The second-order valence-electron chi connectivity index (χ2n) is 5.57. The molecule has 1 fully saturated rings. The van der Waals surface area contributed by atoms with Gasteiger partial charge in [-0.3, -0.25) is 4.79 Å². The van der Waals surface area contributed by atoms with Crippen molar-refractivity contribution >= 4 is 11.7 Å². The van der Waals surface area contributed by atoms with Gasteiger partial charge < -0.3 is 15.5 Å². The maximum atomic E-state index is 11.7. The van der Waals surface area contributed by atoms with Crippen molar-refractivity contribution in [2.75, 3.05) is 31.1 Å². The zero-order valence-corrected chi connectivity index (χ0v) is 12.2. The molecule has 1 amide bonds. The Hall–Kier alpha value is -2.47. The molecular weight excluding hydrogens is 278 g/mol. The van der Waals surface area contributed by atoms with Crippen LogP contribution in [-0.2, 0) is 6.54 Å². The Balaban J connectivity index is 1.60. The normalized spacial score (nSPS) is 17.3. The third kappa shape index (κ3) is 2.31. The largest absolute Gasteiger partial charge is 0.353 e. The van der Waals surface area contributed by atoms with Crippen LogP contribution in [-0.4, -0.2) is 42.3 Å². The molecule has 6 heteroatoms. The molecule has 0 spiro atoms. The number of hydrogen-bond donors (Lipinski definition) is 2. The molecule has 2 aliphatic heterocycles. The van der Waals surface area contributed by atoms with Gasteiger partial charge >= 0.3 is 0 Å². The van der Waals surface area contributed by atoms with E-state index >= 15 is 0 Å². The first-order valence-electron chi connectivity index (χ1n) is 7.52. The minimum absolute atomic E-state index is 0.0118. The number of carbonyl (C=O) groups excluding carboxylic acids is 1. The summed E-state index contributed by atoms with van der Waals surface area (Å²) >= 11 is 0. The van der Waals surface area contributed by atoms with Crippen LogP contribution in [0.5, 0.6) is 0 Å². The molecule has 3 heterocycles. The number of rotatable bonds is 2. The van der Waals surface area contributed by atoms with Crippen molar-refractivity contribution < 1.29 is 4.79 Å². The van der Waals surface area contributed by atoms with E-state index in [4.69, 9.17) is 0 Å². The molecule has 2 aromatic rings. The van der Waals surface area contributed by atoms with E-state index in [0.717, 1.165) is 54.4 Å². The number of nitrogens with zero attached hydrogens (tertiary/aromatic N) is 3. The van der Waals surface area contributed by atoms with Crippen molar-refractivity contribution in [2.24, 2.45) is 0 Å². The second kappa shape index (κ2) is 5.38. The highest BCUT2D eigenvalue weighted by Gasteiger charge is 2.19. The van der Waals surface area contributed by atoms with Gasteiger partial charge in [0.15, 0.2) is 5.82 Å². The van der Waals surface area contributed by atoms with E-state index < -0.39 is 0 Å². The maximum Gasteiger partial charge on any atom is 0.251 e. The highest BCUT2D eigenvalue weighted by atomic mass is 16.1. The van der Waals surface area contributed by atoms with Gasteiger partial charge in [0.05, 0.1) is 5.69 Å². The Kier molecular flexibility index (Phi) is 3.23. The molecule has 0 unspecified atom stereocenters. The lowest BCUT2D eigenvalue weighted by molar-refractivity contribution is 0.0966. The Bertz CT molecular complexity index is 707. The standard InChI is InChI=1S/C16H17N5O/c22-16-13-9-11(1-2-12(13)10-18-16)14-3-4-15(20-19-14)21-7-5-17-6-8-21/h1-4,9,17H,5-8,10H2,(H,18,22). The fourth-order valence-corrected chi connectivity index (χ4v) is 2.91. The van der Waals surface area contributed by atoms with E-state index in [1.807, 2.05) is 30.3 Å². The van der Waals surface area contributed by atoms with Gasteiger partial charge in [0, 0.05) is 43.9 Å². The van der Waals surface area contributed by atoms with Crippen molar-refractivity contribution in [3.05, 3.63) is 41.5 Å². The average Bonchev–Trinajstić information content (AvgIpc) is 2.96. The van der Waals surface area contributed by atoms with Crippen molar-refractivity contribution in [1.82, 2.24) is 20.8 Å². The Morgan fingerprint density at radius 2 is 1.91 bits per heavy atom. The summed E-state index contributed by atoms with van der Waals surface area (Å²) < 4.78 is 0. The topological polar surface area (TPSA) is 70.2 Å². The molecule has 0 bridgehead atoms. The van der Waals surface area contributed by atoms with E-state index in [0.29, 0.717) is 6.54 Å². The van der Waals surface area contributed by atoms with Crippen LogP contribution in [0.2, 0.25) is 0 Å². The Morgan fingerprint density at radius 3 is 2.68 bits per heavy atom. The monoisotopic (exact) mass is 295 g/mol. The molecule has 0 radical (unpaired) electrons. The van der Waals surface area contributed by atoms with Gasteiger partial charge in [-0.1, -0.05) is 12.1 Å². The summed E-state index contributed by atoms with van der Waals surface area (Å²) in [5.74, 6) is 0.895. The van der Waals surface area contributed by atoms with Gasteiger partial charge in [-0.15, -0.1) is 10.2 Å². The summed E-state index contributed by atoms with van der Waals surface area (Å²) in [7, 11) is 0. The van der Waals surface area contributed by atoms with Crippen LogP contribution in [0.1, 0.15) is 15.9 Å². The van der Waals surface area contributed by atoms with Crippen molar-refractivity contribution in [3.8, 4) is 11.3 Å². The highest BCUT2D eigenvalue weighted by molar-refractivity contribution is 5.99. The van der Waals surface area contributed by atoms with E-state index in [-0.39, 0.29) is 5.91 Å². The number of benzene rings is 1. The van der Waals surface area contributed by atoms with E-state index in [9.17, 15) is 4.79 Å². The first-order chi connectivity index (χ1) is 10.8. The second-order valence-corrected chi connectivity index (χ2v) is 5.57. The zero-order valence-electron chi connectivity index (χ0n) is 12.2. The van der Waals surface area contributed by atoms with Gasteiger partial charge in [-0.25, -0.2) is 0 Å². The molecule has 2 aliphatic rings. The first-order valence-corrected chi connectivity index (χ1v) is 7.52. The molecule has 1 aromatic carbocycles. The zero-order chi connectivity index (χ0) is 14.9. The lowest BCUT2D eigenvalue weighted by Crippen LogP contribution is -2.43. The molecule has 6 nitrogen and oxygen atoms in total. The van der Waals surface area contributed by atoms with Gasteiger partial charge in [-0.05, 0) is 23.8 Å². The summed E-state index contributed by atoms with van der Waals surface area (Å²) in [5.41, 5.74) is 3.50. The minimum atomic E-state index is -0.0118. The molecule has 112 valence electrons. The maximum absolute atomic E-state index is 11.7. The summed E-state index contributed by atoms with van der Waals surface area (Å²) in [5, 5.41) is 14.8. The molecule has 1 saturated heterocycles. The quantitative estimate of drug-likeness (QED) is 0.857. The van der Waals surface area contributed by atoms with Crippen LogP contribution < -0.4 is 15.5 Å². The number of hydrogen-bond acceptors (Lipinski definition) is 5. The number of anilines is 1. The van der Waals surface area contributed by atoms with E-state index in [1.54, 1.807) is 0 Å². The summed E-state index contributed by atoms with van der Waals surface area (Å²) in [4.78, 5) is 14.0. The fourth-order valence-electron chi connectivity index (χ4n) is 2.91. The summed E-state index contributed by atoms with van der Waals surface area (Å²) in [6.45, 7) is 4.47. The van der Waals surface area contributed by atoms with Crippen molar-refractivity contribution in [1.29, 1.82) is 0 Å². The number of piperazine rings is 1. The lowest BCUT2D eigenvalue weighted by Gasteiger charge is -2.27. The third-order valence-corrected chi connectivity index (χ3v) is 4.18. The van der Waals surface area contributed by atoms with Gasteiger partial charge in [0.2, 0.25) is 0 Å². The lowest BCUT2D eigenvalue weighted by atomic mass is 10.0. The minimum Gasteiger partial charge on any atom is -0.353 e. The van der Waals surface area contributed by atoms with Crippen molar-refractivity contribution in [2.45, 2.75) is 6.54 Å². The predicted octanol–water partition coefficient (Wildman–Crippen LogP) is 0.797. The first kappa shape index (κ1) is 13.2. The smallest absolute Gasteiger partial charge is 0.251 e. The van der Waals surface area contributed by atoms with Gasteiger partial charge in [0.25, 0.3) is 5.91 Å². The molecule has 2 N–H and O–H groups in total. The van der Waals surface area contributed by atoms with Crippen molar-refractivity contribution in [3.63, 3.8) is 0 Å². The Labute approximate surface area is 128 Å². The SMILES string of the molecule is O=C1NCc2ccc(-c3ccc(N4CCNCC4)nn3)cc21. The van der Waals surface area contributed by atoms with Crippen LogP contribution in [0.25, 0.3) is 11.3 Å². The van der Waals surface area contributed by atoms with Crippen LogP contribution in [0, 0.1) is 0 Å². The predicted molar refractivity (Wildman–Crippen MR) is 83.7 cm³/mol. The molecule has 4 rings (SSSR count). The molecule has 0 saturated carbocycles. The van der Waals surface area contributed by atoms with E-state index in [1.165, 1.54) is 0 Å². The van der Waals surface area contributed by atoms with Gasteiger partial charge in [0.1, 0.15) is 0 Å². The average molecular weight is 295 g/mol. The molecule has 22 heavy (non-hydrogen) atoms. The van der Waals surface area contributed by atoms with Gasteiger partial charge in [-0.2, -0.15) is 0 Å². The molecule has 0 aliphatic carbocycles. The third-order valence-electron chi connectivity index (χ3n) is 4.18. The van der Waals surface area contributed by atoms with Crippen LogP contribution in [0.3, 0.4) is 0 Å². The molecule has 0 atom stereocenters. The number of amides is 1. The molecular formula is C16H17N5O.